The molecule has 0 N–H and O–H groups in total. The van der Waals surface area contributed by atoms with Crippen LogP contribution in [0.4, 0.5) is 0 Å². The van der Waals surface area contributed by atoms with E-state index in [0.29, 0.717) is 0 Å². The molecule has 0 aromatic heterocycles. The van der Waals surface area contributed by atoms with Crippen molar-refractivity contribution in [3.05, 3.63) is 0 Å². The third kappa shape index (κ3) is 19.6. The van der Waals surface area contributed by atoms with Crippen LogP contribution in [0, 0.1) is 17.8 Å². The van der Waals surface area contributed by atoms with E-state index in [0.717, 1.165) is 18.8 Å². The van der Waals surface area contributed by atoms with Crippen molar-refractivity contribution in [1.82, 2.24) is 0 Å². The van der Waals surface area contributed by atoms with Crippen molar-refractivity contribution in [3.63, 3.8) is 0 Å². The van der Waals surface area contributed by atoms with E-state index in [1.54, 1.807) is 0 Å². The first-order chi connectivity index (χ1) is 11.8. The molecule has 142 valence electrons. The fourth-order valence-corrected chi connectivity index (χ4v) is 3.29. The van der Waals surface area contributed by atoms with Crippen molar-refractivity contribution >= 4 is 0 Å². The van der Waals surface area contributed by atoms with Crippen LogP contribution >= 0.6 is 0 Å². The molecule has 0 heterocycles. The van der Waals surface area contributed by atoms with Gasteiger partial charge in [-0.05, 0) is 18.8 Å². The molecule has 0 aliphatic rings. The fourth-order valence-electron chi connectivity index (χ4n) is 3.29. The Morgan fingerprint density at radius 3 is 1.42 bits per heavy atom. The second kappa shape index (κ2) is 20.6. The number of unbranched alkanes of at least 4 members (excludes halogenated alkanes) is 13. The van der Waals surface area contributed by atoms with Crippen molar-refractivity contribution in [2.45, 2.75) is 136 Å². The summed E-state index contributed by atoms with van der Waals surface area (Å²) in [5.41, 5.74) is 0. The lowest BCUT2D eigenvalue weighted by atomic mass is 9.96. The largest absolute Gasteiger partial charge is 0.103 e. The van der Waals surface area contributed by atoms with Crippen LogP contribution in [0.3, 0.4) is 0 Å². The van der Waals surface area contributed by atoms with Gasteiger partial charge in [0.2, 0.25) is 0 Å². The molecule has 0 aliphatic heterocycles. The van der Waals surface area contributed by atoms with Gasteiger partial charge in [-0.1, -0.05) is 111 Å². The molecule has 0 radical (unpaired) electrons. The highest BCUT2D eigenvalue weighted by molar-refractivity contribution is 4.98. The third-order valence-electron chi connectivity index (χ3n) is 5.08. The number of hydrogen-bond acceptors (Lipinski definition) is 0. The Morgan fingerprint density at radius 1 is 0.500 bits per heavy atom. The second-order valence-corrected chi connectivity index (χ2v) is 7.78. The van der Waals surface area contributed by atoms with Gasteiger partial charge in [-0.2, -0.15) is 0 Å². The van der Waals surface area contributed by atoms with Gasteiger partial charge in [0, 0.05) is 12.8 Å². The number of rotatable bonds is 17. The molecule has 0 aromatic carbocycles. The Bertz CT molecular complexity index is 280. The van der Waals surface area contributed by atoms with E-state index < -0.39 is 0 Å². The van der Waals surface area contributed by atoms with Gasteiger partial charge in [0.1, 0.15) is 0 Å². The van der Waals surface area contributed by atoms with Crippen LogP contribution in [0.5, 0.6) is 0 Å². The van der Waals surface area contributed by atoms with Crippen molar-refractivity contribution in [2.24, 2.45) is 5.92 Å². The third-order valence-corrected chi connectivity index (χ3v) is 5.08. The van der Waals surface area contributed by atoms with Crippen molar-refractivity contribution in [1.29, 1.82) is 0 Å². The molecule has 0 spiro atoms. The van der Waals surface area contributed by atoms with Crippen LogP contribution in [0.15, 0.2) is 0 Å². The van der Waals surface area contributed by atoms with Gasteiger partial charge in [0.05, 0.1) is 0 Å². The zero-order valence-corrected chi connectivity index (χ0v) is 17.3. The summed E-state index contributed by atoms with van der Waals surface area (Å²) in [6, 6.07) is 0. The first-order valence-electron chi connectivity index (χ1n) is 11.3. The van der Waals surface area contributed by atoms with Gasteiger partial charge in [-0.25, -0.2) is 0 Å². The van der Waals surface area contributed by atoms with E-state index in [1.807, 2.05) is 0 Å². The van der Waals surface area contributed by atoms with Crippen LogP contribution < -0.4 is 0 Å². The quantitative estimate of drug-likeness (QED) is 0.184. The minimum atomic E-state index is 0.923. The predicted octanol–water partition coefficient (Wildman–Crippen LogP) is 8.69. The van der Waals surface area contributed by atoms with Gasteiger partial charge >= 0.3 is 0 Å². The summed E-state index contributed by atoms with van der Waals surface area (Å²) in [6.07, 6.45) is 24.6. The smallest absolute Gasteiger partial charge is 0.00886 e. The van der Waals surface area contributed by atoms with Gasteiger partial charge < -0.3 is 0 Å². The number of hydrogen-bond donors (Lipinski definition) is 0. The summed E-state index contributed by atoms with van der Waals surface area (Å²) in [5, 5.41) is 0. The standard InChI is InChI=1S/C24H46/c1-4-6-8-10-12-13-14-15-16-17-19-21-23-24(3)22-20-18-11-9-7-5-2/h24H,4-14,17-23H2,1-3H3. The molecule has 0 nitrogen and oxygen atoms in total. The van der Waals surface area contributed by atoms with Gasteiger partial charge in [-0.15, -0.1) is 11.8 Å². The molecule has 0 rings (SSSR count). The Balaban J connectivity index is 3.24. The Hall–Kier alpha value is -0.440. The SMILES string of the molecule is CCCCCCCCC#CCCCCC(C)CCCCCCCC. The average Bonchev–Trinajstić information content (AvgIpc) is 2.59. The molecule has 0 bridgehead atoms. The molecular formula is C24H46. The predicted molar refractivity (Wildman–Crippen MR) is 111 cm³/mol. The zero-order valence-electron chi connectivity index (χ0n) is 17.3. The zero-order chi connectivity index (χ0) is 17.7. The highest BCUT2D eigenvalue weighted by Gasteiger charge is 2.01. The van der Waals surface area contributed by atoms with E-state index in [-0.39, 0.29) is 0 Å². The maximum absolute atomic E-state index is 3.38. The topological polar surface area (TPSA) is 0 Å². The monoisotopic (exact) mass is 334 g/mol. The minimum absolute atomic E-state index is 0.923. The van der Waals surface area contributed by atoms with E-state index in [1.165, 1.54) is 103 Å². The van der Waals surface area contributed by atoms with Crippen LogP contribution in [-0.2, 0) is 0 Å². The molecule has 0 amide bonds. The molecule has 1 atom stereocenters. The van der Waals surface area contributed by atoms with E-state index >= 15 is 0 Å². The molecule has 0 saturated carbocycles. The first kappa shape index (κ1) is 23.6. The van der Waals surface area contributed by atoms with Crippen molar-refractivity contribution < 1.29 is 0 Å². The summed E-state index contributed by atoms with van der Waals surface area (Å²) >= 11 is 0. The average molecular weight is 335 g/mol. The van der Waals surface area contributed by atoms with Gasteiger partial charge in [-0.3, -0.25) is 0 Å². The molecule has 0 fully saturated rings. The lowest BCUT2D eigenvalue weighted by Crippen LogP contribution is -1.95. The Labute approximate surface area is 154 Å². The Morgan fingerprint density at radius 2 is 0.875 bits per heavy atom. The molecule has 24 heavy (non-hydrogen) atoms. The molecule has 0 aliphatic carbocycles. The Kier molecular flexibility index (Phi) is 20.2. The van der Waals surface area contributed by atoms with Crippen LogP contribution in [0.2, 0.25) is 0 Å². The lowest BCUT2D eigenvalue weighted by molar-refractivity contribution is 0.439. The molecule has 0 saturated heterocycles. The van der Waals surface area contributed by atoms with Crippen LogP contribution in [0.25, 0.3) is 0 Å². The van der Waals surface area contributed by atoms with Gasteiger partial charge in [0.15, 0.2) is 0 Å². The summed E-state index contributed by atoms with van der Waals surface area (Å²) in [7, 11) is 0. The molecule has 0 heteroatoms. The lowest BCUT2D eigenvalue weighted by Gasteiger charge is -2.10. The van der Waals surface area contributed by atoms with E-state index in [4.69, 9.17) is 0 Å². The highest BCUT2D eigenvalue weighted by Crippen LogP contribution is 2.17. The van der Waals surface area contributed by atoms with E-state index in [2.05, 4.69) is 32.6 Å². The molecule has 1 unspecified atom stereocenters. The maximum Gasteiger partial charge on any atom is 0.00886 e. The normalized spacial score (nSPS) is 12.0. The summed E-state index contributed by atoms with van der Waals surface area (Å²) in [4.78, 5) is 0. The summed E-state index contributed by atoms with van der Waals surface area (Å²) in [5.74, 6) is 7.68. The molecule has 0 aromatic rings. The highest BCUT2D eigenvalue weighted by atomic mass is 14.1. The van der Waals surface area contributed by atoms with Crippen LogP contribution in [-0.4, -0.2) is 0 Å². The van der Waals surface area contributed by atoms with Crippen molar-refractivity contribution in [2.75, 3.05) is 0 Å². The fraction of sp³-hybridized carbons (Fsp3) is 0.917. The summed E-state index contributed by atoms with van der Waals surface area (Å²) < 4.78 is 0. The first-order valence-corrected chi connectivity index (χ1v) is 11.3. The van der Waals surface area contributed by atoms with E-state index in [9.17, 15) is 0 Å². The van der Waals surface area contributed by atoms with Crippen LogP contribution in [0.1, 0.15) is 136 Å². The molecular weight excluding hydrogens is 288 g/mol. The van der Waals surface area contributed by atoms with Gasteiger partial charge in [0.25, 0.3) is 0 Å². The minimum Gasteiger partial charge on any atom is -0.103 e. The maximum atomic E-state index is 3.38. The second-order valence-electron chi connectivity index (χ2n) is 7.78. The van der Waals surface area contributed by atoms with Crippen molar-refractivity contribution in [3.8, 4) is 11.8 Å². The summed E-state index contributed by atoms with van der Waals surface area (Å²) in [6.45, 7) is 7.01.